The number of nitrogens with one attached hydrogen (secondary N) is 4. The molecule has 0 bridgehead atoms. The lowest BCUT2D eigenvalue weighted by Gasteiger charge is -2.25. The Labute approximate surface area is 202 Å². The van der Waals surface area contributed by atoms with Gasteiger partial charge in [0.15, 0.2) is 0 Å². The molecule has 4 atom stereocenters. The van der Waals surface area contributed by atoms with Crippen LogP contribution in [0.5, 0.6) is 0 Å². The Bertz CT molecular complexity index is 771. The van der Waals surface area contributed by atoms with Crippen molar-refractivity contribution in [2.45, 2.75) is 82.0 Å². The third-order valence-corrected chi connectivity index (χ3v) is 5.53. The summed E-state index contributed by atoms with van der Waals surface area (Å²) in [5, 5.41) is 28.5. The third kappa shape index (κ3) is 11.6. The van der Waals surface area contributed by atoms with Crippen LogP contribution in [0, 0.1) is 0 Å². The average Bonchev–Trinajstić information content (AvgIpc) is 3.33. The van der Waals surface area contributed by atoms with Crippen molar-refractivity contribution in [3.05, 3.63) is 0 Å². The van der Waals surface area contributed by atoms with E-state index in [2.05, 4.69) is 21.3 Å². The number of unbranched alkanes of at least 4 members (excludes halogenated alkanes) is 1. The zero-order valence-corrected chi connectivity index (χ0v) is 19.6. The summed E-state index contributed by atoms with van der Waals surface area (Å²) in [5.74, 6) is -5.27. The molecule has 1 rings (SSSR count). The van der Waals surface area contributed by atoms with Crippen LogP contribution in [0.25, 0.3) is 0 Å². The minimum absolute atomic E-state index is 0.0902. The maximum Gasteiger partial charge on any atom is 0.326 e. The molecule has 0 aromatic rings. The predicted octanol–water partition coefficient (Wildman–Crippen LogP) is -2.46. The second-order valence-corrected chi connectivity index (χ2v) is 8.39. The molecule has 4 unspecified atom stereocenters. The molecule has 14 heteroatoms. The number of nitrogens with two attached hydrogens (primary N) is 2. The Morgan fingerprint density at radius 1 is 0.857 bits per heavy atom. The molecule has 1 heterocycles. The molecule has 4 amide bonds. The second kappa shape index (κ2) is 15.6. The van der Waals surface area contributed by atoms with Crippen LogP contribution >= 0.6 is 0 Å². The van der Waals surface area contributed by atoms with Gasteiger partial charge in [0.05, 0.1) is 6.04 Å². The van der Waals surface area contributed by atoms with Gasteiger partial charge in [0.25, 0.3) is 0 Å². The SMILES string of the molecule is NCCCCC(NC(=O)C(CCC(N)=O)NC(=O)C1CCCN1)C(=O)NC(CCC(=O)O)C(=O)O. The molecule has 0 spiro atoms. The van der Waals surface area contributed by atoms with E-state index in [1.807, 2.05) is 0 Å². The van der Waals surface area contributed by atoms with Gasteiger partial charge in [0.1, 0.15) is 18.1 Å². The molecule has 14 nitrogen and oxygen atoms in total. The molecule has 1 aliphatic heterocycles. The van der Waals surface area contributed by atoms with E-state index in [9.17, 15) is 33.9 Å². The summed E-state index contributed by atoms with van der Waals surface area (Å²) in [6.45, 7) is 0.997. The summed E-state index contributed by atoms with van der Waals surface area (Å²) in [6, 6.07) is -4.26. The zero-order valence-electron chi connectivity index (χ0n) is 19.6. The fourth-order valence-electron chi connectivity index (χ4n) is 3.57. The van der Waals surface area contributed by atoms with Crippen molar-refractivity contribution in [2.24, 2.45) is 11.5 Å². The van der Waals surface area contributed by atoms with Crippen molar-refractivity contribution in [1.29, 1.82) is 0 Å². The maximum absolute atomic E-state index is 13.0. The van der Waals surface area contributed by atoms with E-state index in [0.717, 1.165) is 6.42 Å². The molecule has 1 aliphatic rings. The summed E-state index contributed by atoms with van der Waals surface area (Å²) in [7, 11) is 0. The van der Waals surface area contributed by atoms with Crippen molar-refractivity contribution < 1.29 is 39.0 Å². The first kappa shape index (κ1) is 29.8. The summed E-state index contributed by atoms with van der Waals surface area (Å²) in [4.78, 5) is 71.8. The molecule has 0 aromatic heterocycles. The molecule has 1 saturated heterocycles. The monoisotopic (exact) mass is 500 g/mol. The topological polar surface area (TPSA) is 243 Å². The zero-order chi connectivity index (χ0) is 26.4. The van der Waals surface area contributed by atoms with E-state index >= 15 is 0 Å². The smallest absolute Gasteiger partial charge is 0.326 e. The number of hydrogen-bond acceptors (Lipinski definition) is 8. The number of primary amides is 1. The van der Waals surface area contributed by atoms with Crippen molar-refractivity contribution in [3.63, 3.8) is 0 Å². The molecule has 10 N–H and O–H groups in total. The number of amides is 4. The molecular formula is C21H36N6O8. The Morgan fingerprint density at radius 2 is 1.46 bits per heavy atom. The first-order chi connectivity index (χ1) is 16.5. The van der Waals surface area contributed by atoms with Gasteiger partial charge < -0.3 is 42.9 Å². The highest BCUT2D eigenvalue weighted by atomic mass is 16.4. The second-order valence-electron chi connectivity index (χ2n) is 8.39. The van der Waals surface area contributed by atoms with Crippen molar-refractivity contribution >= 4 is 35.6 Å². The summed E-state index contributed by atoms with van der Waals surface area (Å²) >= 11 is 0. The van der Waals surface area contributed by atoms with Gasteiger partial charge in [-0.05, 0) is 58.0 Å². The number of hydrogen-bond donors (Lipinski definition) is 8. The van der Waals surface area contributed by atoms with Gasteiger partial charge in [-0.25, -0.2) is 4.79 Å². The van der Waals surface area contributed by atoms with E-state index < -0.39 is 66.2 Å². The van der Waals surface area contributed by atoms with Crippen molar-refractivity contribution in [2.75, 3.05) is 13.1 Å². The van der Waals surface area contributed by atoms with E-state index in [1.54, 1.807) is 0 Å². The van der Waals surface area contributed by atoms with Gasteiger partial charge in [-0.2, -0.15) is 0 Å². The van der Waals surface area contributed by atoms with Gasteiger partial charge in [0.2, 0.25) is 23.6 Å². The molecule has 35 heavy (non-hydrogen) atoms. The largest absolute Gasteiger partial charge is 0.481 e. The van der Waals surface area contributed by atoms with Crippen LogP contribution in [0.3, 0.4) is 0 Å². The molecule has 198 valence electrons. The third-order valence-electron chi connectivity index (χ3n) is 5.53. The highest BCUT2D eigenvalue weighted by molar-refractivity contribution is 5.94. The van der Waals surface area contributed by atoms with Gasteiger partial charge in [-0.15, -0.1) is 0 Å². The van der Waals surface area contributed by atoms with Crippen LogP contribution in [-0.2, 0) is 28.8 Å². The quantitative estimate of drug-likeness (QED) is 0.0978. The van der Waals surface area contributed by atoms with Crippen LogP contribution in [0.15, 0.2) is 0 Å². The lowest BCUT2D eigenvalue weighted by atomic mass is 10.0. The first-order valence-corrected chi connectivity index (χ1v) is 11.6. The van der Waals surface area contributed by atoms with Crippen LogP contribution < -0.4 is 32.7 Å². The summed E-state index contributed by atoms with van der Waals surface area (Å²) < 4.78 is 0. The highest BCUT2D eigenvalue weighted by Gasteiger charge is 2.31. The molecule has 1 fully saturated rings. The predicted molar refractivity (Wildman–Crippen MR) is 123 cm³/mol. The summed E-state index contributed by atoms with van der Waals surface area (Å²) in [5.41, 5.74) is 10.7. The number of aliphatic carboxylic acids is 2. The molecule has 0 saturated carbocycles. The minimum Gasteiger partial charge on any atom is -0.481 e. The lowest BCUT2D eigenvalue weighted by molar-refractivity contribution is -0.143. The molecule has 0 aliphatic carbocycles. The van der Waals surface area contributed by atoms with Gasteiger partial charge in [-0.1, -0.05) is 0 Å². The van der Waals surface area contributed by atoms with Crippen LogP contribution in [-0.4, -0.2) is 83.0 Å². The Kier molecular flexibility index (Phi) is 13.3. The Morgan fingerprint density at radius 3 is 1.97 bits per heavy atom. The van der Waals surface area contributed by atoms with Gasteiger partial charge in [0, 0.05) is 12.8 Å². The van der Waals surface area contributed by atoms with E-state index in [1.165, 1.54) is 0 Å². The Balaban J connectivity index is 2.94. The number of carbonyl (C=O) groups excluding carboxylic acids is 4. The van der Waals surface area contributed by atoms with E-state index in [-0.39, 0.29) is 25.7 Å². The highest BCUT2D eigenvalue weighted by Crippen LogP contribution is 2.09. The first-order valence-electron chi connectivity index (χ1n) is 11.6. The van der Waals surface area contributed by atoms with E-state index in [0.29, 0.717) is 32.4 Å². The fourth-order valence-corrected chi connectivity index (χ4v) is 3.57. The summed E-state index contributed by atoms with van der Waals surface area (Å²) in [6.07, 6.45) is 1.40. The van der Waals surface area contributed by atoms with Crippen LogP contribution in [0.4, 0.5) is 0 Å². The van der Waals surface area contributed by atoms with E-state index in [4.69, 9.17) is 16.6 Å². The average molecular weight is 501 g/mol. The normalized spacial score (nSPS) is 17.6. The van der Waals surface area contributed by atoms with Crippen molar-refractivity contribution in [3.8, 4) is 0 Å². The fraction of sp³-hybridized carbons (Fsp3) is 0.714. The standard InChI is InChI=1S/C21H36N6O8/c22-10-2-1-4-13(19(32)27-15(21(34)35)7-9-17(29)30)25-20(33)14(6-8-16(23)28)26-18(31)12-5-3-11-24-12/h12-15,24H,1-11,22H2,(H2,23,28)(H,25,33)(H,26,31)(H,27,32)(H,29,30)(H,34,35). The molecular weight excluding hydrogens is 464 g/mol. The molecule has 0 radical (unpaired) electrons. The van der Waals surface area contributed by atoms with Crippen LogP contribution in [0.2, 0.25) is 0 Å². The molecule has 0 aromatic carbocycles. The number of carboxylic acid groups (broad SMARTS) is 2. The number of carboxylic acids is 2. The lowest BCUT2D eigenvalue weighted by Crippen LogP contribution is -2.57. The van der Waals surface area contributed by atoms with Gasteiger partial charge in [-0.3, -0.25) is 24.0 Å². The Hall–Kier alpha value is -3.26. The van der Waals surface area contributed by atoms with Gasteiger partial charge >= 0.3 is 11.9 Å². The van der Waals surface area contributed by atoms with Crippen molar-refractivity contribution in [1.82, 2.24) is 21.3 Å². The minimum atomic E-state index is -1.47. The maximum atomic E-state index is 13.0. The number of rotatable bonds is 17. The number of carbonyl (C=O) groups is 6. The van der Waals surface area contributed by atoms with Crippen LogP contribution in [0.1, 0.15) is 57.8 Å².